The summed E-state index contributed by atoms with van der Waals surface area (Å²) in [5.41, 5.74) is 0. The van der Waals surface area contributed by atoms with Crippen molar-refractivity contribution in [1.82, 2.24) is 20.0 Å². The largest absolute Gasteiger partial charge is 0.465 e. The third-order valence-electron chi connectivity index (χ3n) is 4.55. The van der Waals surface area contributed by atoms with Crippen LogP contribution in [0.4, 0.5) is 0 Å². The topological polar surface area (TPSA) is 118 Å². The van der Waals surface area contributed by atoms with Gasteiger partial charge in [0.05, 0.1) is 39.6 Å². The molecule has 0 N–H and O–H groups in total. The number of amides is 2. The van der Waals surface area contributed by atoms with Gasteiger partial charge in [0.1, 0.15) is 13.1 Å². The van der Waals surface area contributed by atoms with Gasteiger partial charge >= 0.3 is 11.9 Å². The SMILES string of the molecule is CCOC(=O)CN(C(C)=O)N1CCOCCN(N(CC(=O)OCC)C(C)=O)CCOCC1. The molecule has 12 heteroatoms. The first-order chi connectivity index (χ1) is 15.3. The summed E-state index contributed by atoms with van der Waals surface area (Å²) in [6.07, 6.45) is 0. The van der Waals surface area contributed by atoms with E-state index < -0.39 is 11.9 Å². The van der Waals surface area contributed by atoms with E-state index in [0.29, 0.717) is 52.6 Å². The Bertz CT molecular complexity index is 554. The summed E-state index contributed by atoms with van der Waals surface area (Å²) in [5.74, 6) is -1.55. The number of hydrogen-bond acceptors (Lipinski definition) is 10. The highest BCUT2D eigenvalue weighted by atomic mass is 16.5. The molecule has 0 spiro atoms. The van der Waals surface area contributed by atoms with Gasteiger partial charge in [-0.1, -0.05) is 0 Å². The van der Waals surface area contributed by atoms with Crippen LogP contribution in [0, 0.1) is 0 Å². The Morgan fingerprint density at radius 1 is 0.688 bits per heavy atom. The highest BCUT2D eigenvalue weighted by molar-refractivity contribution is 5.80. The van der Waals surface area contributed by atoms with Crippen LogP contribution in [0.15, 0.2) is 0 Å². The molecule has 0 unspecified atom stereocenters. The highest BCUT2D eigenvalue weighted by Crippen LogP contribution is 2.05. The standard InChI is InChI=1S/C20H36N4O8/c1-5-31-19(27)15-23(17(3)25)21-7-11-29-13-9-22(10-14-30-12-8-21)24(18(4)26)16-20(28)32-6-2/h5-16H2,1-4H3. The van der Waals surface area contributed by atoms with Gasteiger partial charge in [-0.25, -0.2) is 10.0 Å². The van der Waals surface area contributed by atoms with E-state index >= 15 is 0 Å². The summed E-state index contributed by atoms with van der Waals surface area (Å²) < 4.78 is 21.3. The maximum absolute atomic E-state index is 12.1. The molecular weight excluding hydrogens is 424 g/mol. The molecule has 0 aromatic carbocycles. The Balaban J connectivity index is 2.73. The van der Waals surface area contributed by atoms with Crippen molar-refractivity contribution >= 4 is 23.8 Å². The third-order valence-corrected chi connectivity index (χ3v) is 4.55. The second-order valence-corrected chi connectivity index (χ2v) is 6.90. The maximum Gasteiger partial charge on any atom is 0.327 e. The summed E-state index contributed by atoms with van der Waals surface area (Å²) in [7, 11) is 0. The van der Waals surface area contributed by atoms with Crippen molar-refractivity contribution < 1.29 is 38.1 Å². The first kappa shape index (κ1) is 27.8. The number of esters is 2. The van der Waals surface area contributed by atoms with Crippen LogP contribution < -0.4 is 0 Å². The smallest absolute Gasteiger partial charge is 0.327 e. The van der Waals surface area contributed by atoms with Crippen LogP contribution in [0.25, 0.3) is 0 Å². The number of hydrazine groups is 2. The zero-order chi connectivity index (χ0) is 23.9. The molecule has 1 aliphatic heterocycles. The molecule has 0 aromatic rings. The lowest BCUT2D eigenvalue weighted by molar-refractivity contribution is -0.166. The lowest BCUT2D eigenvalue weighted by Crippen LogP contribution is -2.52. The van der Waals surface area contributed by atoms with E-state index in [0.717, 1.165) is 0 Å². The van der Waals surface area contributed by atoms with Gasteiger partial charge in [0.15, 0.2) is 0 Å². The molecule has 0 aliphatic carbocycles. The predicted molar refractivity (Wildman–Crippen MR) is 113 cm³/mol. The normalized spacial score (nSPS) is 16.9. The molecular formula is C20H36N4O8. The number of hydrogen-bond donors (Lipinski definition) is 0. The molecule has 2 amide bonds. The Morgan fingerprint density at radius 2 is 1.00 bits per heavy atom. The molecule has 1 fully saturated rings. The van der Waals surface area contributed by atoms with E-state index in [4.69, 9.17) is 18.9 Å². The number of carbonyl (C=O) groups is 4. The van der Waals surface area contributed by atoms with Crippen LogP contribution in [-0.2, 0) is 38.1 Å². The molecule has 1 heterocycles. The maximum atomic E-state index is 12.1. The minimum Gasteiger partial charge on any atom is -0.465 e. The minimum atomic E-state index is -0.489. The molecule has 0 aromatic heterocycles. The number of rotatable bonds is 8. The summed E-state index contributed by atoms with van der Waals surface area (Å²) in [6, 6.07) is 0. The summed E-state index contributed by atoms with van der Waals surface area (Å²) in [4.78, 5) is 47.9. The Hall–Kier alpha value is -2.28. The van der Waals surface area contributed by atoms with Crippen molar-refractivity contribution in [3.05, 3.63) is 0 Å². The minimum absolute atomic E-state index is 0.182. The molecule has 0 atom stereocenters. The summed E-state index contributed by atoms with van der Waals surface area (Å²) in [5, 5.41) is 6.09. The van der Waals surface area contributed by atoms with Crippen molar-refractivity contribution in [1.29, 1.82) is 0 Å². The fourth-order valence-corrected chi connectivity index (χ4v) is 3.07. The van der Waals surface area contributed by atoms with Crippen molar-refractivity contribution in [2.24, 2.45) is 0 Å². The van der Waals surface area contributed by atoms with Crippen LogP contribution in [0.3, 0.4) is 0 Å². The summed E-state index contributed by atoms with van der Waals surface area (Å²) >= 11 is 0. The first-order valence-corrected chi connectivity index (χ1v) is 10.8. The average molecular weight is 461 g/mol. The molecule has 1 aliphatic rings. The quantitative estimate of drug-likeness (QED) is 0.430. The average Bonchev–Trinajstić information content (AvgIpc) is 2.71. The molecule has 0 radical (unpaired) electrons. The molecule has 184 valence electrons. The van der Waals surface area contributed by atoms with E-state index in [2.05, 4.69) is 0 Å². The van der Waals surface area contributed by atoms with Crippen molar-refractivity contribution in [3.63, 3.8) is 0 Å². The zero-order valence-electron chi connectivity index (χ0n) is 19.5. The van der Waals surface area contributed by atoms with E-state index in [-0.39, 0.29) is 38.1 Å². The van der Waals surface area contributed by atoms with E-state index in [1.54, 1.807) is 23.9 Å². The monoisotopic (exact) mass is 460 g/mol. The predicted octanol–water partition coefficient (Wildman–Crippen LogP) is -0.710. The molecule has 32 heavy (non-hydrogen) atoms. The van der Waals surface area contributed by atoms with Crippen molar-refractivity contribution in [2.45, 2.75) is 27.7 Å². The van der Waals surface area contributed by atoms with E-state index in [9.17, 15) is 19.2 Å². The lowest BCUT2D eigenvalue weighted by Gasteiger charge is -2.35. The van der Waals surface area contributed by atoms with Gasteiger partial charge in [0.25, 0.3) is 0 Å². The van der Waals surface area contributed by atoms with Gasteiger partial charge < -0.3 is 18.9 Å². The Kier molecular flexibility index (Phi) is 13.5. The molecule has 0 bridgehead atoms. The lowest BCUT2D eigenvalue weighted by atomic mass is 10.4. The summed E-state index contributed by atoms with van der Waals surface area (Å²) in [6.45, 7) is 8.90. The number of ether oxygens (including phenoxy) is 4. The highest BCUT2D eigenvalue weighted by Gasteiger charge is 2.24. The fourth-order valence-electron chi connectivity index (χ4n) is 3.07. The van der Waals surface area contributed by atoms with Crippen LogP contribution in [-0.4, -0.2) is 123 Å². The van der Waals surface area contributed by atoms with Gasteiger partial charge in [-0.2, -0.15) is 0 Å². The van der Waals surface area contributed by atoms with Crippen molar-refractivity contribution in [2.75, 3.05) is 78.9 Å². The van der Waals surface area contributed by atoms with Crippen LogP contribution >= 0.6 is 0 Å². The second-order valence-electron chi connectivity index (χ2n) is 6.90. The Labute approximate surface area is 189 Å². The van der Waals surface area contributed by atoms with E-state index in [1.807, 2.05) is 0 Å². The zero-order valence-corrected chi connectivity index (χ0v) is 19.5. The number of carbonyl (C=O) groups excluding carboxylic acids is 4. The molecule has 12 nitrogen and oxygen atoms in total. The number of nitrogens with zero attached hydrogens (tertiary/aromatic N) is 4. The molecule has 0 saturated carbocycles. The van der Waals surface area contributed by atoms with Gasteiger partial charge in [-0.05, 0) is 13.8 Å². The second kappa shape index (κ2) is 15.5. The van der Waals surface area contributed by atoms with Crippen LogP contribution in [0.1, 0.15) is 27.7 Å². The van der Waals surface area contributed by atoms with Gasteiger partial charge in [-0.15, -0.1) is 0 Å². The fraction of sp³-hybridized carbons (Fsp3) is 0.800. The first-order valence-electron chi connectivity index (χ1n) is 10.8. The van der Waals surface area contributed by atoms with Crippen LogP contribution in [0.5, 0.6) is 0 Å². The van der Waals surface area contributed by atoms with Gasteiger partial charge in [-0.3, -0.25) is 29.2 Å². The molecule has 1 saturated heterocycles. The third kappa shape index (κ3) is 10.4. The van der Waals surface area contributed by atoms with Crippen molar-refractivity contribution in [3.8, 4) is 0 Å². The van der Waals surface area contributed by atoms with Gasteiger partial charge in [0, 0.05) is 40.0 Å². The van der Waals surface area contributed by atoms with Crippen LogP contribution in [0.2, 0.25) is 0 Å². The Morgan fingerprint density at radius 3 is 1.25 bits per heavy atom. The molecule has 1 rings (SSSR count). The van der Waals surface area contributed by atoms with Gasteiger partial charge in [0.2, 0.25) is 11.8 Å². The van der Waals surface area contributed by atoms with E-state index in [1.165, 1.54) is 23.9 Å².